The highest BCUT2D eigenvalue weighted by Gasteiger charge is 2.36. The molecule has 1 N–H and O–H groups in total. The number of aliphatic hydroxyl groups is 1. The predicted octanol–water partition coefficient (Wildman–Crippen LogP) is 1.70. The van der Waals surface area contributed by atoms with E-state index >= 15 is 0 Å². The molecule has 0 spiro atoms. The number of nitrogens with zero attached hydrogens (tertiary/aromatic N) is 3. The molecule has 2 aliphatic heterocycles. The van der Waals surface area contributed by atoms with Gasteiger partial charge in [-0.3, -0.25) is 9.69 Å². The fraction of sp³-hybridized carbons (Fsp3) is 0.947. The van der Waals surface area contributed by atoms with Gasteiger partial charge in [0.15, 0.2) is 0 Å². The van der Waals surface area contributed by atoms with Gasteiger partial charge >= 0.3 is 0 Å². The van der Waals surface area contributed by atoms with Gasteiger partial charge in [0.1, 0.15) is 0 Å². The molecule has 0 aromatic carbocycles. The number of likely N-dealkylation sites (tertiary alicyclic amines) is 1. The van der Waals surface area contributed by atoms with Crippen molar-refractivity contribution in [2.45, 2.75) is 69.9 Å². The molecule has 0 atom stereocenters. The van der Waals surface area contributed by atoms with Gasteiger partial charge in [-0.2, -0.15) is 0 Å². The zero-order chi connectivity index (χ0) is 17.0. The fourth-order valence-electron chi connectivity index (χ4n) is 4.76. The molecule has 3 aliphatic rings. The van der Waals surface area contributed by atoms with Crippen LogP contribution in [0.4, 0.5) is 0 Å². The number of carbonyl (C=O) groups is 1. The Kier molecular flexibility index (Phi) is 6.17. The van der Waals surface area contributed by atoms with Crippen LogP contribution < -0.4 is 0 Å². The average molecular weight is 338 g/mol. The van der Waals surface area contributed by atoms with Crippen LogP contribution >= 0.6 is 0 Å². The molecular weight excluding hydrogens is 302 g/mol. The van der Waals surface area contributed by atoms with Crippen molar-refractivity contribution in [3.63, 3.8) is 0 Å². The highest BCUT2D eigenvalue weighted by molar-refractivity contribution is 5.77. The highest BCUT2D eigenvalue weighted by Crippen LogP contribution is 2.33. The van der Waals surface area contributed by atoms with Gasteiger partial charge in [0.05, 0.1) is 12.0 Å². The summed E-state index contributed by atoms with van der Waals surface area (Å²) in [6, 6.07) is 0.703. The van der Waals surface area contributed by atoms with Crippen LogP contribution in [0.1, 0.15) is 58.3 Å². The SMILES string of the molecule is CCCN1CCC(N2CCN(C(=O)CC3(O)CCCC3)CC2)CC1. The Morgan fingerprint density at radius 3 is 2.25 bits per heavy atom. The van der Waals surface area contributed by atoms with Crippen LogP contribution in [-0.4, -0.2) is 83.2 Å². The van der Waals surface area contributed by atoms with Crippen molar-refractivity contribution >= 4 is 5.91 Å². The van der Waals surface area contributed by atoms with Gasteiger partial charge in [0.2, 0.25) is 5.91 Å². The summed E-state index contributed by atoms with van der Waals surface area (Å²) in [7, 11) is 0. The van der Waals surface area contributed by atoms with Gasteiger partial charge in [-0.05, 0) is 51.7 Å². The quantitative estimate of drug-likeness (QED) is 0.829. The van der Waals surface area contributed by atoms with Crippen LogP contribution in [0.2, 0.25) is 0 Å². The van der Waals surface area contributed by atoms with Gasteiger partial charge in [-0.15, -0.1) is 0 Å². The first kappa shape index (κ1) is 18.2. The van der Waals surface area contributed by atoms with Gasteiger partial charge in [0, 0.05) is 32.2 Å². The van der Waals surface area contributed by atoms with E-state index in [4.69, 9.17) is 0 Å². The van der Waals surface area contributed by atoms with Crippen LogP contribution in [0.15, 0.2) is 0 Å². The van der Waals surface area contributed by atoms with Gasteiger partial charge in [-0.1, -0.05) is 19.8 Å². The van der Waals surface area contributed by atoms with E-state index in [-0.39, 0.29) is 5.91 Å². The minimum absolute atomic E-state index is 0.164. The third-order valence-corrected chi connectivity index (χ3v) is 6.29. The predicted molar refractivity (Wildman–Crippen MR) is 95.9 cm³/mol. The molecule has 0 bridgehead atoms. The van der Waals surface area contributed by atoms with E-state index < -0.39 is 5.60 Å². The summed E-state index contributed by atoms with van der Waals surface area (Å²) in [4.78, 5) is 19.7. The standard InChI is InChI=1S/C19H35N3O2/c1-2-9-20-10-5-17(6-11-20)21-12-14-22(15-13-21)18(23)16-19(24)7-3-4-8-19/h17,24H,2-16H2,1H3. The normalized spacial score (nSPS) is 26.8. The summed E-state index contributed by atoms with van der Waals surface area (Å²) in [6.07, 6.45) is 7.86. The molecule has 138 valence electrons. The second-order valence-corrected chi connectivity index (χ2v) is 8.10. The lowest BCUT2D eigenvalue weighted by Crippen LogP contribution is -2.55. The molecule has 3 rings (SSSR count). The molecule has 0 aromatic rings. The van der Waals surface area contributed by atoms with Gasteiger partial charge < -0.3 is 14.9 Å². The Labute approximate surface area is 147 Å². The Balaban J connectivity index is 1.40. The number of piperazine rings is 1. The maximum absolute atomic E-state index is 12.5. The number of carbonyl (C=O) groups excluding carboxylic acids is 1. The molecule has 5 nitrogen and oxygen atoms in total. The van der Waals surface area contributed by atoms with Crippen molar-refractivity contribution in [2.75, 3.05) is 45.8 Å². The summed E-state index contributed by atoms with van der Waals surface area (Å²) in [5, 5.41) is 10.5. The monoisotopic (exact) mass is 337 g/mol. The van der Waals surface area contributed by atoms with Crippen molar-refractivity contribution in [1.82, 2.24) is 14.7 Å². The third-order valence-electron chi connectivity index (χ3n) is 6.29. The smallest absolute Gasteiger partial charge is 0.225 e. The zero-order valence-electron chi connectivity index (χ0n) is 15.4. The maximum Gasteiger partial charge on any atom is 0.225 e. The molecule has 2 saturated heterocycles. The van der Waals surface area contributed by atoms with E-state index in [0.717, 1.165) is 51.9 Å². The van der Waals surface area contributed by atoms with Crippen molar-refractivity contribution in [2.24, 2.45) is 0 Å². The summed E-state index contributed by atoms with van der Waals surface area (Å²) < 4.78 is 0. The highest BCUT2D eigenvalue weighted by atomic mass is 16.3. The molecule has 1 aliphatic carbocycles. The van der Waals surface area contributed by atoms with Gasteiger partial charge in [0.25, 0.3) is 0 Å². The van der Waals surface area contributed by atoms with E-state index in [0.29, 0.717) is 12.5 Å². The van der Waals surface area contributed by atoms with Crippen molar-refractivity contribution in [3.8, 4) is 0 Å². The molecule has 0 aromatic heterocycles. The van der Waals surface area contributed by atoms with Crippen LogP contribution in [0.3, 0.4) is 0 Å². The maximum atomic E-state index is 12.5. The molecule has 3 fully saturated rings. The van der Waals surface area contributed by atoms with Crippen LogP contribution in [0.5, 0.6) is 0 Å². The van der Waals surface area contributed by atoms with Crippen LogP contribution in [-0.2, 0) is 4.79 Å². The second-order valence-electron chi connectivity index (χ2n) is 8.10. The number of hydrogen-bond donors (Lipinski definition) is 1. The first-order valence-electron chi connectivity index (χ1n) is 10.1. The third kappa shape index (κ3) is 4.50. The Morgan fingerprint density at radius 1 is 1.04 bits per heavy atom. The minimum atomic E-state index is -0.708. The Hall–Kier alpha value is -0.650. The number of rotatable bonds is 5. The molecular formula is C19H35N3O2. The van der Waals surface area contributed by atoms with Crippen LogP contribution in [0.25, 0.3) is 0 Å². The lowest BCUT2D eigenvalue weighted by atomic mass is 9.97. The van der Waals surface area contributed by atoms with Gasteiger partial charge in [-0.25, -0.2) is 0 Å². The van der Waals surface area contributed by atoms with E-state index in [1.165, 1.54) is 38.9 Å². The summed E-state index contributed by atoms with van der Waals surface area (Å²) >= 11 is 0. The topological polar surface area (TPSA) is 47.0 Å². The van der Waals surface area contributed by atoms with E-state index in [9.17, 15) is 9.90 Å². The first-order chi connectivity index (χ1) is 11.6. The van der Waals surface area contributed by atoms with E-state index in [1.54, 1.807) is 0 Å². The summed E-state index contributed by atoms with van der Waals surface area (Å²) in [5.74, 6) is 0.164. The number of piperidine rings is 1. The Bertz CT molecular complexity index is 407. The molecule has 24 heavy (non-hydrogen) atoms. The second kappa shape index (κ2) is 8.15. The molecule has 2 heterocycles. The number of hydrogen-bond acceptors (Lipinski definition) is 4. The minimum Gasteiger partial charge on any atom is -0.389 e. The average Bonchev–Trinajstić information content (AvgIpc) is 3.02. The number of amides is 1. The molecule has 0 radical (unpaired) electrons. The molecule has 1 saturated carbocycles. The first-order valence-corrected chi connectivity index (χ1v) is 10.1. The zero-order valence-corrected chi connectivity index (χ0v) is 15.4. The van der Waals surface area contributed by atoms with Crippen molar-refractivity contribution in [3.05, 3.63) is 0 Å². The summed E-state index contributed by atoms with van der Waals surface area (Å²) in [5.41, 5.74) is -0.708. The molecule has 1 amide bonds. The largest absolute Gasteiger partial charge is 0.389 e. The molecule has 5 heteroatoms. The van der Waals surface area contributed by atoms with E-state index in [2.05, 4.69) is 16.7 Å². The van der Waals surface area contributed by atoms with Crippen LogP contribution in [0, 0.1) is 0 Å². The molecule has 0 unspecified atom stereocenters. The summed E-state index contributed by atoms with van der Waals surface area (Å²) in [6.45, 7) is 9.62. The lowest BCUT2D eigenvalue weighted by molar-refractivity contribution is -0.138. The van der Waals surface area contributed by atoms with E-state index in [1.807, 2.05) is 4.90 Å². The Morgan fingerprint density at radius 2 is 1.67 bits per heavy atom. The fourth-order valence-corrected chi connectivity index (χ4v) is 4.76. The van der Waals surface area contributed by atoms with Crippen molar-refractivity contribution in [1.29, 1.82) is 0 Å². The van der Waals surface area contributed by atoms with Crippen molar-refractivity contribution < 1.29 is 9.90 Å². The lowest BCUT2D eigenvalue weighted by Gasteiger charge is -2.43.